The summed E-state index contributed by atoms with van der Waals surface area (Å²) in [5.41, 5.74) is 0. The van der Waals surface area contributed by atoms with Crippen LogP contribution in [0.5, 0.6) is 0 Å². The van der Waals surface area contributed by atoms with Crippen LogP contribution in [-0.4, -0.2) is 36.5 Å². The molecule has 2 rings (SSSR count). The fourth-order valence-corrected chi connectivity index (χ4v) is 2.40. The van der Waals surface area contributed by atoms with Gasteiger partial charge in [0.25, 0.3) is 0 Å². The predicted molar refractivity (Wildman–Crippen MR) is 60.6 cm³/mol. The molecule has 0 aromatic rings. The van der Waals surface area contributed by atoms with Gasteiger partial charge in [-0.3, -0.25) is 4.79 Å². The molecular formula is C12H22N2O. The Bertz CT molecular complexity index is 226. The van der Waals surface area contributed by atoms with Crippen molar-refractivity contribution in [3.05, 3.63) is 0 Å². The van der Waals surface area contributed by atoms with Crippen LogP contribution in [0.25, 0.3) is 0 Å². The van der Waals surface area contributed by atoms with Crippen LogP contribution in [0.15, 0.2) is 0 Å². The zero-order chi connectivity index (χ0) is 10.7. The fourth-order valence-electron chi connectivity index (χ4n) is 2.40. The molecule has 0 aromatic heterocycles. The summed E-state index contributed by atoms with van der Waals surface area (Å²) in [5.74, 6) is 1.17. The molecule has 1 N–H and O–H groups in total. The van der Waals surface area contributed by atoms with Gasteiger partial charge in [0.15, 0.2) is 0 Å². The van der Waals surface area contributed by atoms with Crippen molar-refractivity contribution in [2.45, 2.75) is 45.1 Å². The molecule has 86 valence electrons. The topological polar surface area (TPSA) is 32.3 Å². The van der Waals surface area contributed by atoms with Crippen molar-refractivity contribution in [1.29, 1.82) is 0 Å². The molecule has 1 saturated heterocycles. The number of carbonyl (C=O) groups excluding carboxylic acids is 1. The summed E-state index contributed by atoms with van der Waals surface area (Å²) in [7, 11) is 0. The lowest BCUT2D eigenvalue weighted by atomic mass is 10.2. The average molecular weight is 210 g/mol. The van der Waals surface area contributed by atoms with E-state index in [0.717, 1.165) is 25.4 Å². The van der Waals surface area contributed by atoms with Crippen molar-refractivity contribution in [3.63, 3.8) is 0 Å². The van der Waals surface area contributed by atoms with Crippen LogP contribution in [0.2, 0.25) is 0 Å². The zero-order valence-corrected chi connectivity index (χ0v) is 9.67. The quantitative estimate of drug-likeness (QED) is 0.743. The normalized spacial score (nSPS) is 25.9. The Morgan fingerprint density at radius 2 is 2.20 bits per heavy atom. The molecule has 1 atom stereocenters. The Kier molecular flexibility index (Phi) is 3.62. The summed E-state index contributed by atoms with van der Waals surface area (Å²) >= 11 is 0. The zero-order valence-electron chi connectivity index (χ0n) is 9.67. The Balaban J connectivity index is 1.68. The van der Waals surface area contributed by atoms with Crippen molar-refractivity contribution in [3.8, 4) is 0 Å². The Morgan fingerprint density at radius 1 is 1.40 bits per heavy atom. The number of hydrogen-bond donors (Lipinski definition) is 1. The van der Waals surface area contributed by atoms with Gasteiger partial charge in [0, 0.05) is 12.6 Å². The minimum Gasteiger partial charge on any atom is -0.339 e. The van der Waals surface area contributed by atoms with Gasteiger partial charge in [-0.25, -0.2) is 0 Å². The fraction of sp³-hybridized carbons (Fsp3) is 0.917. The van der Waals surface area contributed by atoms with Crippen LogP contribution in [-0.2, 0) is 4.79 Å². The van der Waals surface area contributed by atoms with Crippen molar-refractivity contribution in [2.75, 3.05) is 19.6 Å². The average Bonchev–Trinajstić information content (AvgIpc) is 2.94. The second kappa shape index (κ2) is 4.97. The van der Waals surface area contributed by atoms with Crippen molar-refractivity contribution in [2.24, 2.45) is 5.92 Å². The maximum atomic E-state index is 11.9. The number of amides is 1. The third-order valence-corrected chi connectivity index (χ3v) is 3.57. The van der Waals surface area contributed by atoms with E-state index < -0.39 is 0 Å². The monoisotopic (exact) mass is 210 g/mol. The molecule has 1 heterocycles. The van der Waals surface area contributed by atoms with Gasteiger partial charge in [0.05, 0.1) is 6.54 Å². The molecule has 2 aliphatic rings. The predicted octanol–water partition coefficient (Wildman–Crippen LogP) is 1.39. The maximum absolute atomic E-state index is 11.9. The molecule has 0 bridgehead atoms. The third kappa shape index (κ3) is 2.94. The van der Waals surface area contributed by atoms with E-state index >= 15 is 0 Å². The number of likely N-dealkylation sites (tertiary alicyclic amines) is 1. The van der Waals surface area contributed by atoms with Crippen LogP contribution in [0, 0.1) is 5.92 Å². The SMILES string of the molecule is CCC1CCCN1C(=O)CNCC1CC1. The van der Waals surface area contributed by atoms with Gasteiger partial charge in [-0.1, -0.05) is 6.92 Å². The van der Waals surface area contributed by atoms with E-state index in [-0.39, 0.29) is 0 Å². The molecule has 1 amide bonds. The molecule has 0 spiro atoms. The van der Waals surface area contributed by atoms with Gasteiger partial charge in [-0.05, 0) is 44.6 Å². The van der Waals surface area contributed by atoms with E-state index in [2.05, 4.69) is 17.1 Å². The molecule has 1 saturated carbocycles. The first-order chi connectivity index (χ1) is 7.31. The summed E-state index contributed by atoms with van der Waals surface area (Å²) in [4.78, 5) is 13.9. The van der Waals surface area contributed by atoms with E-state index in [1.165, 1.54) is 25.7 Å². The first-order valence-corrected chi connectivity index (χ1v) is 6.31. The third-order valence-electron chi connectivity index (χ3n) is 3.57. The van der Waals surface area contributed by atoms with Gasteiger partial charge < -0.3 is 10.2 Å². The minimum atomic E-state index is 0.306. The largest absolute Gasteiger partial charge is 0.339 e. The van der Waals surface area contributed by atoms with Crippen LogP contribution in [0.4, 0.5) is 0 Å². The number of rotatable bonds is 5. The highest BCUT2D eigenvalue weighted by Crippen LogP contribution is 2.27. The second-order valence-corrected chi connectivity index (χ2v) is 4.87. The molecule has 0 radical (unpaired) electrons. The highest BCUT2D eigenvalue weighted by molar-refractivity contribution is 5.78. The molecule has 15 heavy (non-hydrogen) atoms. The lowest BCUT2D eigenvalue weighted by Gasteiger charge is -2.23. The van der Waals surface area contributed by atoms with E-state index in [4.69, 9.17) is 0 Å². The molecule has 3 nitrogen and oxygen atoms in total. The Morgan fingerprint density at radius 3 is 2.87 bits per heavy atom. The Labute approximate surface area is 92.2 Å². The molecule has 1 aliphatic heterocycles. The Hall–Kier alpha value is -0.570. The number of carbonyl (C=O) groups is 1. The van der Waals surface area contributed by atoms with Crippen molar-refractivity contribution >= 4 is 5.91 Å². The summed E-state index contributed by atoms with van der Waals surface area (Å²) in [6.45, 7) is 4.74. The lowest BCUT2D eigenvalue weighted by Crippen LogP contribution is -2.41. The van der Waals surface area contributed by atoms with Crippen molar-refractivity contribution in [1.82, 2.24) is 10.2 Å². The van der Waals surface area contributed by atoms with Gasteiger partial charge in [-0.15, -0.1) is 0 Å². The van der Waals surface area contributed by atoms with E-state index in [1.807, 2.05) is 0 Å². The van der Waals surface area contributed by atoms with Gasteiger partial charge in [-0.2, -0.15) is 0 Å². The van der Waals surface area contributed by atoms with Crippen LogP contribution >= 0.6 is 0 Å². The second-order valence-electron chi connectivity index (χ2n) is 4.87. The van der Waals surface area contributed by atoms with Gasteiger partial charge in [0.2, 0.25) is 5.91 Å². The standard InChI is InChI=1S/C12H22N2O/c1-2-11-4-3-7-14(11)12(15)9-13-8-10-5-6-10/h10-11,13H,2-9H2,1H3. The molecule has 1 aliphatic carbocycles. The highest BCUT2D eigenvalue weighted by atomic mass is 16.2. The number of nitrogens with one attached hydrogen (secondary N) is 1. The maximum Gasteiger partial charge on any atom is 0.236 e. The summed E-state index contributed by atoms with van der Waals surface area (Å²) < 4.78 is 0. The molecule has 0 aromatic carbocycles. The first-order valence-electron chi connectivity index (χ1n) is 6.31. The minimum absolute atomic E-state index is 0.306. The molecule has 2 fully saturated rings. The lowest BCUT2D eigenvalue weighted by molar-refractivity contribution is -0.131. The van der Waals surface area contributed by atoms with Gasteiger partial charge >= 0.3 is 0 Å². The molecule has 3 heteroatoms. The van der Waals surface area contributed by atoms with Crippen LogP contribution in [0.1, 0.15) is 39.0 Å². The smallest absolute Gasteiger partial charge is 0.236 e. The molecule has 1 unspecified atom stereocenters. The summed E-state index contributed by atoms with van der Waals surface area (Å²) in [6.07, 6.45) is 6.19. The van der Waals surface area contributed by atoms with Gasteiger partial charge in [0.1, 0.15) is 0 Å². The summed E-state index contributed by atoms with van der Waals surface area (Å²) in [5, 5.41) is 3.28. The molecular weight excluding hydrogens is 188 g/mol. The van der Waals surface area contributed by atoms with E-state index in [0.29, 0.717) is 18.5 Å². The van der Waals surface area contributed by atoms with E-state index in [9.17, 15) is 4.79 Å². The number of hydrogen-bond acceptors (Lipinski definition) is 2. The first kappa shape index (κ1) is 10.9. The van der Waals surface area contributed by atoms with Crippen LogP contribution < -0.4 is 5.32 Å². The summed E-state index contributed by atoms with van der Waals surface area (Å²) in [6, 6.07) is 0.514. The van der Waals surface area contributed by atoms with Crippen LogP contribution in [0.3, 0.4) is 0 Å². The number of nitrogens with zero attached hydrogens (tertiary/aromatic N) is 1. The van der Waals surface area contributed by atoms with Crippen molar-refractivity contribution < 1.29 is 4.79 Å². The highest BCUT2D eigenvalue weighted by Gasteiger charge is 2.27. The van der Waals surface area contributed by atoms with E-state index in [1.54, 1.807) is 0 Å².